The summed E-state index contributed by atoms with van der Waals surface area (Å²) in [7, 11) is 1.55. The summed E-state index contributed by atoms with van der Waals surface area (Å²) >= 11 is 0. The highest BCUT2D eigenvalue weighted by Crippen LogP contribution is 2.18. The van der Waals surface area contributed by atoms with Gasteiger partial charge in [-0.2, -0.15) is 0 Å². The molecule has 6 heteroatoms. The lowest BCUT2D eigenvalue weighted by molar-refractivity contribution is -0.119. The normalized spacial score (nSPS) is 10.4. The number of hydrogen-bond acceptors (Lipinski definition) is 4. The number of aryl methyl sites for hydroxylation is 2. The van der Waals surface area contributed by atoms with Crippen LogP contribution in [0.5, 0.6) is 5.75 Å². The molecule has 6 nitrogen and oxygen atoms in total. The van der Waals surface area contributed by atoms with Crippen LogP contribution in [0.1, 0.15) is 21.7 Å². The van der Waals surface area contributed by atoms with Crippen LogP contribution in [0.3, 0.4) is 0 Å². The number of esters is 1. The average Bonchev–Trinajstić information content (AvgIpc) is 3.04. The Labute approximate surface area is 163 Å². The number of carbonyl (C=O) groups excluding carboxylic acids is 2. The lowest BCUT2D eigenvalue weighted by Crippen LogP contribution is -2.21. The predicted molar refractivity (Wildman–Crippen MR) is 107 cm³/mol. The topological polar surface area (TPSA) is 69.6 Å². The SMILES string of the molecule is COc1cccc(NC(=O)COC(=O)c2cccc(-n3c(C)ccc3C)c2)c1. The van der Waals surface area contributed by atoms with E-state index in [-0.39, 0.29) is 6.61 Å². The minimum atomic E-state index is -0.551. The number of amides is 1. The molecule has 28 heavy (non-hydrogen) atoms. The summed E-state index contributed by atoms with van der Waals surface area (Å²) in [6, 6.07) is 18.1. The molecule has 0 fully saturated rings. The third-order valence-corrected chi connectivity index (χ3v) is 4.30. The first kappa shape index (κ1) is 19.2. The highest BCUT2D eigenvalue weighted by molar-refractivity contribution is 5.95. The van der Waals surface area contributed by atoms with E-state index in [9.17, 15) is 9.59 Å². The molecule has 144 valence electrons. The molecule has 0 aliphatic heterocycles. The summed E-state index contributed by atoms with van der Waals surface area (Å²) in [5.41, 5.74) is 3.97. The van der Waals surface area contributed by atoms with E-state index in [4.69, 9.17) is 9.47 Å². The lowest BCUT2D eigenvalue weighted by Gasteiger charge is -2.11. The third-order valence-electron chi connectivity index (χ3n) is 4.30. The summed E-state index contributed by atoms with van der Waals surface area (Å²) in [4.78, 5) is 24.4. The number of anilines is 1. The maximum absolute atomic E-state index is 12.4. The molecule has 0 bridgehead atoms. The number of nitrogens with zero attached hydrogens (tertiary/aromatic N) is 1. The highest BCUT2D eigenvalue weighted by atomic mass is 16.5. The van der Waals surface area contributed by atoms with Gasteiger partial charge in [0.05, 0.1) is 12.7 Å². The van der Waals surface area contributed by atoms with Crippen molar-refractivity contribution < 1.29 is 19.1 Å². The largest absolute Gasteiger partial charge is 0.497 e. The second kappa shape index (κ2) is 8.43. The van der Waals surface area contributed by atoms with Crippen LogP contribution in [0.4, 0.5) is 5.69 Å². The number of benzene rings is 2. The fraction of sp³-hybridized carbons (Fsp3) is 0.182. The molecule has 0 radical (unpaired) electrons. The second-order valence-electron chi connectivity index (χ2n) is 6.36. The smallest absolute Gasteiger partial charge is 0.338 e. The summed E-state index contributed by atoms with van der Waals surface area (Å²) < 4.78 is 12.3. The van der Waals surface area contributed by atoms with Crippen LogP contribution in [-0.2, 0) is 9.53 Å². The van der Waals surface area contributed by atoms with Crippen molar-refractivity contribution in [2.75, 3.05) is 19.0 Å². The Bertz CT molecular complexity index is 988. The van der Waals surface area contributed by atoms with Crippen molar-refractivity contribution in [3.8, 4) is 11.4 Å². The first-order valence-corrected chi connectivity index (χ1v) is 8.84. The van der Waals surface area contributed by atoms with Gasteiger partial charge in [0, 0.05) is 28.8 Å². The Morgan fingerprint density at radius 1 is 0.964 bits per heavy atom. The van der Waals surface area contributed by atoms with Crippen LogP contribution < -0.4 is 10.1 Å². The van der Waals surface area contributed by atoms with Gasteiger partial charge in [0.2, 0.25) is 0 Å². The predicted octanol–water partition coefficient (Wildman–Crippen LogP) is 3.90. The van der Waals surface area contributed by atoms with E-state index in [0.717, 1.165) is 17.1 Å². The molecule has 0 aliphatic carbocycles. The molecule has 2 aromatic carbocycles. The van der Waals surface area contributed by atoms with Crippen molar-refractivity contribution in [2.45, 2.75) is 13.8 Å². The van der Waals surface area contributed by atoms with E-state index in [1.165, 1.54) is 0 Å². The Morgan fingerprint density at radius 2 is 1.68 bits per heavy atom. The summed E-state index contributed by atoms with van der Waals surface area (Å²) in [5.74, 6) is -0.345. The van der Waals surface area contributed by atoms with Gasteiger partial charge in [-0.3, -0.25) is 4.79 Å². The molecule has 0 aliphatic rings. The quantitative estimate of drug-likeness (QED) is 0.661. The van der Waals surface area contributed by atoms with Gasteiger partial charge in [-0.05, 0) is 56.3 Å². The van der Waals surface area contributed by atoms with Gasteiger partial charge < -0.3 is 19.4 Å². The molecule has 3 aromatic rings. The van der Waals surface area contributed by atoms with Gasteiger partial charge in [0.25, 0.3) is 5.91 Å². The van der Waals surface area contributed by atoms with Crippen LogP contribution in [0.15, 0.2) is 60.7 Å². The molecule has 3 rings (SSSR count). The molecule has 0 saturated heterocycles. The highest BCUT2D eigenvalue weighted by Gasteiger charge is 2.13. The van der Waals surface area contributed by atoms with Gasteiger partial charge in [-0.1, -0.05) is 12.1 Å². The maximum Gasteiger partial charge on any atom is 0.338 e. The Balaban J connectivity index is 1.63. The Hall–Kier alpha value is -3.54. The van der Waals surface area contributed by atoms with E-state index < -0.39 is 11.9 Å². The van der Waals surface area contributed by atoms with Crippen molar-refractivity contribution in [2.24, 2.45) is 0 Å². The van der Waals surface area contributed by atoms with Gasteiger partial charge in [-0.15, -0.1) is 0 Å². The zero-order valence-electron chi connectivity index (χ0n) is 16.1. The fourth-order valence-corrected chi connectivity index (χ4v) is 2.96. The maximum atomic E-state index is 12.4. The number of carbonyl (C=O) groups is 2. The first-order valence-electron chi connectivity index (χ1n) is 8.84. The van der Waals surface area contributed by atoms with Crippen LogP contribution in [0.25, 0.3) is 5.69 Å². The fourth-order valence-electron chi connectivity index (χ4n) is 2.96. The van der Waals surface area contributed by atoms with Crippen molar-refractivity contribution in [3.63, 3.8) is 0 Å². The van der Waals surface area contributed by atoms with Gasteiger partial charge in [-0.25, -0.2) is 4.79 Å². The minimum Gasteiger partial charge on any atom is -0.497 e. The Kier molecular flexibility index (Phi) is 5.79. The molecule has 0 spiro atoms. The van der Waals surface area contributed by atoms with E-state index in [2.05, 4.69) is 5.32 Å². The third kappa shape index (κ3) is 4.40. The van der Waals surface area contributed by atoms with Crippen LogP contribution in [0, 0.1) is 13.8 Å². The zero-order valence-corrected chi connectivity index (χ0v) is 16.1. The second-order valence-corrected chi connectivity index (χ2v) is 6.36. The van der Waals surface area contributed by atoms with E-state index in [1.54, 1.807) is 49.6 Å². The van der Waals surface area contributed by atoms with Crippen molar-refractivity contribution in [3.05, 3.63) is 77.6 Å². The number of hydrogen-bond donors (Lipinski definition) is 1. The molecular formula is C22H22N2O4. The van der Waals surface area contributed by atoms with Crippen LogP contribution in [-0.4, -0.2) is 30.2 Å². The molecule has 1 heterocycles. The summed E-state index contributed by atoms with van der Waals surface area (Å²) in [6.07, 6.45) is 0. The van der Waals surface area contributed by atoms with Crippen molar-refractivity contribution in [1.29, 1.82) is 0 Å². The number of ether oxygens (including phenoxy) is 2. The average molecular weight is 378 g/mol. The minimum absolute atomic E-state index is 0.373. The van der Waals surface area contributed by atoms with Crippen LogP contribution >= 0.6 is 0 Å². The van der Waals surface area contributed by atoms with Gasteiger partial charge in [0.1, 0.15) is 5.75 Å². The van der Waals surface area contributed by atoms with Gasteiger partial charge >= 0.3 is 5.97 Å². The molecule has 1 N–H and O–H groups in total. The standard InChI is InChI=1S/C22H22N2O4/c1-15-10-11-16(2)24(15)19-8-4-6-17(12-19)22(26)28-14-21(25)23-18-7-5-9-20(13-18)27-3/h4-13H,14H2,1-3H3,(H,23,25). The van der Waals surface area contributed by atoms with E-state index in [1.807, 2.05) is 36.6 Å². The molecule has 0 saturated carbocycles. The molecule has 0 unspecified atom stereocenters. The first-order chi connectivity index (χ1) is 13.5. The van der Waals surface area contributed by atoms with Crippen molar-refractivity contribution in [1.82, 2.24) is 4.57 Å². The lowest BCUT2D eigenvalue weighted by atomic mass is 10.2. The number of aromatic nitrogens is 1. The number of rotatable bonds is 6. The Morgan fingerprint density at radius 3 is 2.39 bits per heavy atom. The monoisotopic (exact) mass is 378 g/mol. The van der Waals surface area contributed by atoms with E-state index in [0.29, 0.717) is 17.0 Å². The number of methoxy groups -OCH3 is 1. The zero-order chi connectivity index (χ0) is 20.1. The molecule has 1 amide bonds. The molecule has 1 aromatic heterocycles. The van der Waals surface area contributed by atoms with E-state index >= 15 is 0 Å². The van der Waals surface area contributed by atoms with Crippen LogP contribution in [0.2, 0.25) is 0 Å². The summed E-state index contributed by atoms with van der Waals surface area (Å²) in [5, 5.41) is 2.67. The summed E-state index contributed by atoms with van der Waals surface area (Å²) in [6.45, 7) is 3.63. The molecule has 0 atom stereocenters. The van der Waals surface area contributed by atoms with Crippen molar-refractivity contribution >= 4 is 17.6 Å². The number of nitrogens with one attached hydrogen (secondary N) is 1. The van der Waals surface area contributed by atoms with Gasteiger partial charge in [0.15, 0.2) is 6.61 Å². The molecular weight excluding hydrogens is 356 g/mol.